The predicted octanol–water partition coefficient (Wildman–Crippen LogP) is 5.13. The fourth-order valence-electron chi connectivity index (χ4n) is 3.04. The molecule has 0 aliphatic carbocycles. The van der Waals surface area contributed by atoms with Crippen molar-refractivity contribution >= 4 is 17.7 Å². The van der Waals surface area contributed by atoms with Gasteiger partial charge in [0.25, 0.3) is 5.22 Å². The monoisotopic (exact) mass is 425 g/mol. The van der Waals surface area contributed by atoms with Gasteiger partial charge < -0.3 is 14.5 Å². The van der Waals surface area contributed by atoms with Crippen molar-refractivity contribution in [3.8, 4) is 17.2 Å². The minimum atomic E-state index is -0.0599. The van der Waals surface area contributed by atoms with Crippen LogP contribution in [0.1, 0.15) is 38.8 Å². The van der Waals surface area contributed by atoms with Crippen LogP contribution in [0.5, 0.6) is 5.75 Å². The Morgan fingerprint density at radius 2 is 1.83 bits per heavy atom. The van der Waals surface area contributed by atoms with Gasteiger partial charge in [0.15, 0.2) is 0 Å². The van der Waals surface area contributed by atoms with Gasteiger partial charge in [0.05, 0.1) is 18.4 Å². The third-order valence-corrected chi connectivity index (χ3v) is 5.21. The van der Waals surface area contributed by atoms with Crippen molar-refractivity contribution in [2.24, 2.45) is 5.92 Å². The summed E-state index contributed by atoms with van der Waals surface area (Å²) in [6.07, 6.45) is 0.878. The molecule has 0 radical (unpaired) electrons. The third kappa shape index (κ3) is 6.35. The molecule has 6 nitrogen and oxygen atoms in total. The molecule has 30 heavy (non-hydrogen) atoms. The molecule has 3 aromatic rings. The molecule has 1 heterocycles. The Bertz CT molecular complexity index is 926. The zero-order valence-corrected chi connectivity index (χ0v) is 18.3. The standard InChI is InChI=1S/C23H27N3O3S/c1-4-28-19-12-10-18(11-13-19)22-25-26-23(29-22)30-15-21(27)24-20(14-16(2)3)17-8-6-5-7-9-17/h5-13,16,20H,4,14-15H2,1-3H3,(H,24,27)/t20-/m1/s1. The minimum Gasteiger partial charge on any atom is -0.494 e. The summed E-state index contributed by atoms with van der Waals surface area (Å²) in [7, 11) is 0. The molecule has 0 spiro atoms. The Morgan fingerprint density at radius 3 is 2.50 bits per heavy atom. The molecule has 0 saturated heterocycles. The zero-order chi connectivity index (χ0) is 21.3. The number of carbonyl (C=O) groups is 1. The number of amides is 1. The average Bonchev–Trinajstić information content (AvgIpc) is 3.22. The molecule has 2 aromatic carbocycles. The summed E-state index contributed by atoms with van der Waals surface area (Å²) in [5.74, 6) is 1.84. The van der Waals surface area contributed by atoms with Crippen LogP contribution in [0, 0.1) is 5.92 Å². The van der Waals surface area contributed by atoms with Crippen molar-refractivity contribution in [1.82, 2.24) is 15.5 Å². The van der Waals surface area contributed by atoms with Crippen LogP contribution >= 0.6 is 11.8 Å². The van der Waals surface area contributed by atoms with Crippen LogP contribution in [0.3, 0.4) is 0 Å². The highest BCUT2D eigenvalue weighted by atomic mass is 32.2. The molecule has 1 amide bonds. The van der Waals surface area contributed by atoms with Crippen molar-refractivity contribution in [3.63, 3.8) is 0 Å². The predicted molar refractivity (Wildman–Crippen MR) is 118 cm³/mol. The molecular weight excluding hydrogens is 398 g/mol. The fraction of sp³-hybridized carbons (Fsp3) is 0.348. The lowest BCUT2D eigenvalue weighted by Gasteiger charge is -2.21. The Balaban J connectivity index is 1.56. The summed E-state index contributed by atoms with van der Waals surface area (Å²) in [4.78, 5) is 12.5. The lowest BCUT2D eigenvalue weighted by atomic mass is 9.97. The number of thioether (sulfide) groups is 1. The van der Waals surface area contributed by atoms with Crippen LogP contribution in [0.15, 0.2) is 64.2 Å². The first-order valence-corrected chi connectivity index (χ1v) is 11.1. The lowest BCUT2D eigenvalue weighted by molar-refractivity contribution is -0.119. The first kappa shape index (κ1) is 21.9. The molecule has 0 unspecified atom stereocenters. The molecule has 3 rings (SSSR count). The van der Waals surface area contributed by atoms with Crippen LogP contribution in [-0.4, -0.2) is 28.5 Å². The average molecular weight is 426 g/mol. The highest BCUT2D eigenvalue weighted by Crippen LogP contribution is 2.26. The summed E-state index contributed by atoms with van der Waals surface area (Å²) in [6, 6.07) is 17.5. The molecule has 1 atom stereocenters. The van der Waals surface area contributed by atoms with E-state index in [-0.39, 0.29) is 17.7 Å². The maximum absolute atomic E-state index is 12.5. The van der Waals surface area contributed by atoms with Crippen molar-refractivity contribution < 1.29 is 13.9 Å². The topological polar surface area (TPSA) is 77.2 Å². The van der Waals surface area contributed by atoms with Gasteiger partial charge in [0, 0.05) is 5.56 Å². The molecule has 0 saturated carbocycles. The van der Waals surface area contributed by atoms with Gasteiger partial charge in [0.1, 0.15) is 5.75 Å². The highest BCUT2D eigenvalue weighted by molar-refractivity contribution is 7.99. The van der Waals surface area contributed by atoms with E-state index >= 15 is 0 Å². The van der Waals surface area contributed by atoms with Crippen molar-refractivity contribution in [2.75, 3.05) is 12.4 Å². The van der Waals surface area contributed by atoms with Gasteiger partial charge in [-0.05, 0) is 49.1 Å². The molecule has 158 valence electrons. The Labute approximate surface area is 181 Å². The number of nitrogens with zero attached hydrogens (tertiary/aromatic N) is 2. The van der Waals surface area contributed by atoms with E-state index in [9.17, 15) is 4.79 Å². The summed E-state index contributed by atoms with van der Waals surface area (Å²) >= 11 is 1.23. The SMILES string of the molecule is CCOc1ccc(-c2nnc(SCC(=O)N[C@H](CC(C)C)c3ccccc3)o2)cc1. The van der Waals surface area contributed by atoms with E-state index in [2.05, 4.69) is 29.4 Å². The van der Waals surface area contributed by atoms with E-state index in [1.54, 1.807) is 0 Å². The van der Waals surface area contributed by atoms with Crippen molar-refractivity contribution in [1.29, 1.82) is 0 Å². The van der Waals surface area contributed by atoms with Crippen molar-refractivity contribution in [2.45, 2.75) is 38.5 Å². The largest absolute Gasteiger partial charge is 0.494 e. The summed E-state index contributed by atoms with van der Waals surface area (Å²) in [6.45, 7) is 6.86. The number of benzene rings is 2. The third-order valence-electron chi connectivity index (χ3n) is 4.39. The van der Waals surface area contributed by atoms with Gasteiger partial charge in [-0.15, -0.1) is 10.2 Å². The van der Waals surface area contributed by atoms with E-state index in [1.165, 1.54) is 11.8 Å². The maximum Gasteiger partial charge on any atom is 0.277 e. The molecular formula is C23H27N3O3S. The van der Waals surface area contributed by atoms with Gasteiger partial charge in [-0.1, -0.05) is 55.9 Å². The van der Waals surface area contributed by atoms with Crippen LogP contribution in [0.4, 0.5) is 0 Å². The maximum atomic E-state index is 12.5. The summed E-state index contributed by atoms with van der Waals surface area (Å²) in [5.41, 5.74) is 1.92. The number of hydrogen-bond donors (Lipinski definition) is 1. The Kier molecular flexibility index (Phi) is 7.90. The lowest BCUT2D eigenvalue weighted by Crippen LogP contribution is -2.30. The number of carbonyl (C=O) groups excluding carboxylic acids is 1. The van der Waals surface area contributed by atoms with Gasteiger partial charge in [0.2, 0.25) is 11.8 Å². The van der Waals surface area contributed by atoms with E-state index in [1.807, 2.05) is 61.5 Å². The summed E-state index contributed by atoms with van der Waals surface area (Å²) < 4.78 is 11.1. The van der Waals surface area contributed by atoms with E-state index in [0.717, 1.165) is 23.3 Å². The highest BCUT2D eigenvalue weighted by Gasteiger charge is 2.17. The second-order valence-corrected chi connectivity index (χ2v) is 8.21. The molecule has 0 bridgehead atoms. The van der Waals surface area contributed by atoms with Crippen LogP contribution < -0.4 is 10.1 Å². The number of rotatable bonds is 10. The molecule has 7 heteroatoms. The molecule has 0 aliphatic heterocycles. The van der Waals surface area contributed by atoms with Crippen LogP contribution in [0.25, 0.3) is 11.5 Å². The number of hydrogen-bond acceptors (Lipinski definition) is 6. The van der Waals surface area contributed by atoms with Gasteiger partial charge in [-0.2, -0.15) is 0 Å². The first-order valence-electron chi connectivity index (χ1n) is 10.1. The van der Waals surface area contributed by atoms with Crippen LogP contribution in [0.2, 0.25) is 0 Å². The molecule has 0 aliphatic rings. The smallest absolute Gasteiger partial charge is 0.277 e. The van der Waals surface area contributed by atoms with Gasteiger partial charge in [-0.25, -0.2) is 0 Å². The van der Waals surface area contributed by atoms with E-state index < -0.39 is 0 Å². The Hall–Kier alpha value is -2.80. The second kappa shape index (κ2) is 10.8. The van der Waals surface area contributed by atoms with Crippen LogP contribution in [-0.2, 0) is 4.79 Å². The Morgan fingerprint density at radius 1 is 1.10 bits per heavy atom. The first-order chi connectivity index (χ1) is 14.5. The molecule has 1 N–H and O–H groups in total. The normalized spacial score (nSPS) is 12.0. The van der Waals surface area contributed by atoms with Gasteiger partial charge >= 0.3 is 0 Å². The number of nitrogens with one attached hydrogen (secondary N) is 1. The number of ether oxygens (including phenoxy) is 1. The van der Waals surface area contributed by atoms with Gasteiger partial charge in [-0.3, -0.25) is 4.79 Å². The van der Waals surface area contributed by atoms with E-state index in [4.69, 9.17) is 9.15 Å². The molecule has 0 fully saturated rings. The van der Waals surface area contributed by atoms with Crippen molar-refractivity contribution in [3.05, 3.63) is 60.2 Å². The fourth-order valence-corrected chi connectivity index (χ4v) is 3.62. The molecule has 1 aromatic heterocycles. The minimum absolute atomic E-state index is 0.0126. The second-order valence-electron chi connectivity index (χ2n) is 7.28. The summed E-state index contributed by atoms with van der Waals surface area (Å²) in [5, 5.41) is 11.6. The zero-order valence-electron chi connectivity index (χ0n) is 17.5. The van der Waals surface area contributed by atoms with E-state index in [0.29, 0.717) is 23.6 Å². The quantitative estimate of drug-likeness (QED) is 0.454. The number of aromatic nitrogens is 2.